The number of carbonyl (C=O) groups is 1. The van der Waals surface area contributed by atoms with Crippen molar-refractivity contribution in [1.29, 1.82) is 5.26 Å². The predicted molar refractivity (Wildman–Crippen MR) is 65.9 cm³/mol. The maximum absolute atomic E-state index is 11.8. The largest absolute Gasteiger partial charge is 0.305 e. The van der Waals surface area contributed by atoms with Gasteiger partial charge in [0.15, 0.2) is 0 Å². The summed E-state index contributed by atoms with van der Waals surface area (Å²) < 4.78 is 0. The van der Waals surface area contributed by atoms with Gasteiger partial charge >= 0.3 is 0 Å². The van der Waals surface area contributed by atoms with Crippen molar-refractivity contribution in [2.45, 2.75) is 6.92 Å². The van der Waals surface area contributed by atoms with E-state index in [-0.39, 0.29) is 11.6 Å². The fraction of sp³-hybridized carbons (Fsp3) is 0.0769. The summed E-state index contributed by atoms with van der Waals surface area (Å²) in [5.74, 6) is 0.128. The normalized spacial score (nSPS) is 9.56. The van der Waals surface area contributed by atoms with E-state index in [0.717, 1.165) is 5.56 Å². The van der Waals surface area contributed by atoms with Crippen molar-refractivity contribution >= 4 is 11.7 Å². The summed E-state index contributed by atoms with van der Waals surface area (Å²) in [5.41, 5.74) is 1.67. The lowest BCUT2D eigenvalue weighted by atomic mass is 10.2. The molecule has 2 aromatic rings. The van der Waals surface area contributed by atoms with E-state index in [4.69, 9.17) is 5.26 Å². The van der Waals surface area contributed by atoms with Gasteiger partial charge in [-0.1, -0.05) is 0 Å². The van der Waals surface area contributed by atoms with Crippen LogP contribution >= 0.6 is 0 Å². The van der Waals surface area contributed by atoms with Crippen molar-refractivity contribution in [2.75, 3.05) is 5.32 Å². The fourth-order valence-corrected chi connectivity index (χ4v) is 1.38. The minimum absolute atomic E-state index is 0.248. The highest BCUT2D eigenvalue weighted by Gasteiger charge is 2.08. The summed E-state index contributed by atoms with van der Waals surface area (Å²) in [7, 11) is 0. The highest BCUT2D eigenvalue weighted by molar-refractivity contribution is 6.02. The molecule has 2 heterocycles. The Bertz CT molecular complexity index is 614. The lowest BCUT2D eigenvalue weighted by Crippen LogP contribution is -2.14. The Balaban J connectivity index is 2.14. The number of amides is 1. The van der Waals surface area contributed by atoms with Crippen LogP contribution in [0.5, 0.6) is 0 Å². The van der Waals surface area contributed by atoms with Gasteiger partial charge in [0.05, 0.1) is 5.56 Å². The molecule has 0 bridgehead atoms. The highest BCUT2D eigenvalue weighted by atomic mass is 16.1. The Morgan fingerprint density at radius 1 is 1.33 bits per heavy atom. The van der Waals surface area contributed by atoms with E-state index in [0.29, 0.717) is 11.4 Å². The van der Waals surface area contributed by atoms with Crippen molar-refractivity contribution in [3.05, 3.63) is 53.5 Å². The van der Waals surface area contributed by atoms with Crippen LogP contribution in [0.1, 0.15) is 21.6 Å². The van der Waals surface area contributed by atoms with Crippen LogP contribution < -0.4 is 5.32 Å². The Kier molecular flexibility index (Phi) is 3.30. The van der Waals surface area contributed by atoms with Crippen LogP contribution in [0, 0.1) is 18.3 Å². The molecule has 0 aliphatic rings. The van der Waals surface area contributed by atoms with Gasteiger partial charge in [-0.2, -0.15) is 5.26 Å². The number of nitrogens with one attached hydrogen (secondary N) is 1. The highest BCUT2D eigenvalue weighted by Crippen LogP contribution is 2.07. The lowest BCUT2D eigenvalue weighted by Gasteiger charge is -2.04. The number of rotatable bonds is 2. The number of aromatic nitrogens is 2. The second kappa shape index (κ2) is 5.06. The van der Waals surface area contributed by atoms with Gasteiger partial charge in [0.1, 0.15) is 17.6 Å². The molecule has 0 radical (unpaired) electrons. The first-order valence-corrected chi connectivity index (χ1v) is 5.29. The molecule has 0 saturated heterocycles. The number of anilines is 1. The number of nitriles is 1. The first-order valence-electron chi connectivity index (χ1n) is 5.29. The molecule has 5 nitrogen and oxygen atoms in total. The molecule has 0 atom stereocenters. The van der Waals surface area contributed by atoms with Crippen LogP contribution in [0.2, 0.25) is 0 Å². The van der Waals surface area contributed by atoms with E-state index in [9.17, 15) is 4.79 Å². The van der Waals surface area contributed by atoms with E-state index in [2.05, 4.69) is 15.3 Å². The Morgan fingerprint density at radius 3 is 2.78 bits per heavy atom. The van der Waals surface area contributed by atoms with E-state index < -0.39 is 0 Å². The second-order valence-electron chi connectivity index (χ2n) is 3.72. The molecule has 2 aromatic heterocycles. The zero-order valence-electron chi connectivity index (χ0n) is 9.71. The first-order chi connectivity index (χ1) is 8.69. The molecule has 18 heavy (non-hydrogen) atoms. The van der Waals surface area contributed by atoms with Crippen LogP contribution in [0.3, 0.4) is 0 Å². The zero-order chi connectivity index (χ0) is 13.0. The average molecular weight is 238 g/mol. The van der Waals surface area contributed by atoms with Crippen LogP contribution in [0.4, 0.5) is 5.82 Å². The van der Waals surface area contributed by atoms with Gasteiger partial charge in [-0.15, -0.1) is 0 Å². The van der Waals surface area contributed by atoms with Crippen molar-refractivity contribution in [3.8, 4) is 6.07 Å². The molecule has 5 heteroatoms. The number of hydrogen-bond acceptors (Lipinski definition) is 4. The summed E-state index contributed by atoms with van der Waals surface area (Å²) in [6, 6.07) is 8.60. The van der Waals surface area contributed by atoms with Gasteiger partial charge in [-0.3, -0.25) is 4.79 Å². The smallest absolute Gasteiger partial charge is 0.275 e. The van der Waals surface area contributed by atoms with E-state index >= 15 is 0 Å². The predicted octanol–water partition coefficient (Wildman–Crippen LogP) is 1.91. The number of nitrogens with zero attached hydrogens (tertiary/aromatic N) is 3. The number of hydrogen-bond donors (Lipinski definition) is 1. The molecule has 88 valence electrons. The molecule has 1 N–H and O–H groups in total. The zero-order valence-corrected chi connectivity index (χ0v) is 9.71. The maximum atomic E-state index is 11.8. The van der Waals surface area contributed by atoms with Crippen LogP contribution in [0.25, 0.3) is 0 Å². The van der Waals surface area contributed by atoms with Gasteiger partial charge < -0.3 is 5.32 Å². The Labute approximate surface area is 104 Å². The van der Waals surface area contributed by atoms with Gasteiger partial charge in [-0.25, -0.2) is 9.97 Å². The molecule has 2 rings (SSSR count). The Hall–Kier alpha value is -2.74. The molecule has 0 aromatic carbocycles. The summed E-state index contributed by atoms with van der Waals surface area (Å²) in [6.45, 7) is 1.91. The van der Waals surface area contributed by atoms with Crippen molar-refractivity contribution in [3.63, 3.8) is 0 Å². The van der Waals surface area contributed by atoms with Gasteiger partial charge in [-0.05, 0) is 36.8 Å². The monoisotopic (exact) mass is 238 g/mol. The molecule has 0 aliphatic carbocycles. The molecule has 0 aliphatic heterocycles. The summed E-state index contributed by atoms with van der Waals surface area (Å²) in [5, 5.41) is 11.3. The topological polar surface area (TPSA) is 78.7 Å². The first kappa shape index (κ1) is 11.7. The van der Waals surface area contributed by atoms with Crippen molar-refractivity contribution < 1.29 is 4.79 Å². The molecule has 0 unspecified atom stereocenters. The molecule has 0 saturated carbocycles. The summed E-state index contributed by atoms with van der Waals surface area (Å²) in [4.78, 5) is 19.8. The molecule has 0 fully saturated rings. The molecular weight excluding hydrogens is 228 g/mol. The van der Waals surface area contributed by atoms with Crippen LogP contribution in [-0.2, 0) is 0 Å². The van der Waals surface area contributed by atoms with E-state index in [1.807, 2.05) is 19.1 Å². The maximum Gasteiger partial charge on any atom is 0.275 e. The quantitative estimate of drug-likeness (QED) is 0.866. The van der Waals surface area contributed by atoms with Crippen molar-refractivity contribution in [1.82, 2.24) is 9.97 Å². The minimum atomic E-state index is -0.349. The van der Waals surface area contributed by atoms with E-state index in [1.165, 1.54) is 12.3 Å². The average Bonchev–Trinajstić information content (AvgIpc) is 2.39. The third-order valence-electron chi connectivity index (χ3n) is 2.28. The molecule has 1 amide bonds. The van der Waals surface area contributed by atoms with Gasteiger partial charge in [0, 0.05) is 12.4 Å². The molecule has 0 spiro atoms. The second-order valence-corrected chi connectivity index (χ2v) is 3.72. The van der Waals surface area contributed by atoms with Crippen molar-refractivity contribution in [2.24, 2.45) is 0 Å². The standard InChI is InChI=1S/C13H10N4O/c1-9-4-5-15-12(6-9)17-13(18)11-3-2-10(7-14)8-16-11/h2-6,8H,1H3,(H,15,17,18). The lowest BCUT2D eigenvalue weighted by molar-refractivity contribution is 0.102. The van der Waals surface area contributed by atoms with Gasteiger partial charge in [0.25, 0.3) is 5.91 Å². The Morgan fingerprint density at radius 2 is 2.17 bits per heavy atom. The third kappa shape index (κ3) is 2.68. The number of aryl methyl sites for hydroxylation is 1. The number of pyridine rings is 2. The summed E-state index contributed by atoms with van der Waals surface area (Å²) in [6.07, 6.45) is 2.98. The molecular formula is C13H10N4O. The van der Waals surface area contributed by atoms with Crippen LogP contribution in [-0.4, -0.2) is 15.9 Å². The van der Waals surface area contributed by atoms with E-state index in [1.54, 1.807) is 18.3 Å². The third-order valence-corrected chi connectivity index (χ3v) is 2.28. The fourth-order valence-electron chi connectivity index (χ4n) is 1.38. The van der Waals surface area contributed by atoms with Crippen LogP contribution in [0.15, 0.2) is 36.7 Å². The van der Waals surface area contributed by atoms with Gasteiger partial charge in [0.2, 0.25) is 0 Å². The summed E-state index contributed by atoms with van der Waals surface area (Å²) >= 11 is 0. The SMILES string of the molecule is Cc1ccnc(NC(=O)c2ccc(C#N)cn2)c1. The minimum Gasteiger partial charge on any atom is -0.305 e. The number of carbonyl (C=O) groups excluding carboxylic acids is 1.